The van der Waals surface area contributed by atoms with Gasteiger partial charge in [-0.25, -0.2) is 0 Å². The number of amides is 1. The first-order chi connectivity index (χ1) is 9.95. The molecule has 21 heavy (non-hydrogen) atoms. The van der Waals surface area contributed by atoms with Gasteiger partial charge in [0, 0.05) is 6.54 Å². The lowest BCUT2D eigenvalue weighted by atomic mass is 10.0. The van der Waals surface area contributed by atoms with E-state index in [-0.39, 0.29) is 18.1 Å². The first-order valence-electron chi connectivity index (χ1n) is 8.09. The Morgan fingerprint density at radius 1 is 1.29 bits per heavy atom. The van der Waals surface area contributed by atoms with E-state index in [4.69, 9.17) is 0 Å². The maximum Gasteiger partial charge on any atom is 0.241 e. The van der Waals surface area contributed by atoms with Crippen LogP contribution >= 0.6 is 0 Å². The van der Waals surface area contributed by atoms with Gasteiger partial charge in [-0.3, -0.25) is 10.1 Å². The van der Waals surface area contributed by atoms with Crippen molar-refractivity contribution in [3.8, 4) is 0 Å². The van der Waals surface area contributed by atoms with Crippen molar-refractivity contribution in [2.75, 3.05) is 6.54 Å². The molecule has 1 amide bonds. The third kappa shape index (κ3) is 3.29. The van der Waals surface area contributed by atoms with Gasteiger partial charge < -0.3 is 4.90 Å². The molecule has 0 aromatic heterocycles. The van der Waals surface area contributed by atoms with Gasteiger partial charge >= 0.3 is 0 Å². The highest BCUT2D eigenvalue weighted by Gasteiger charge is 2.40. The first-order valence-corrected chi connectivity index (χ1v) is 8.09. The fourth-order valence-electron chi connectivity index (χ4n) is 3.07. The van der Waals surface area contributed by atoms with Crippen molar-refractivity contribution in [2.45, 2.75) is 59.7 Å². The van der Waals surface area contributed by atoms with Crippen molar-refractivity contribution in [3.05, 3.63) is 34.9 Å². The van der Waals surface area contributed by atoms with Gasteiger partial charge in [0.1, 0.15) is 6.17 Å². The second-order valence-electron chi connectivity index (χ2n) is 6.54. The molecule has 3 nitrogen and oxygen atoms in total. The summed E-state index contributed by atoms with van der Waals surface area (Å²) in [6.45, 7) is 11.5. The van der Waals surface area contributed by atoms with Gasteiger partial charge in [0.05, 0.1) is 6.04 Å². The number of hydrogen-bond acceptors (Lipinski definition) is 2. The van der Waals surface area contributed by atoms with E-state index in [1.165, 1.54) is 16.7 Å². The minimum Gasteiger partial charge on any atom is -0.322 e. The number of nitrogens with zero attached hydrogens (tertiary/aromatic N) is 1. The molecule has 1 heterocycles. The summed E-state index contributed by atoms with van der Waals surface area (Å²) in [5.74, 6) is 0.570. The zero-order valence-electron chi connectivity index (χ0n) is 13.9. The predicted octanol–water partition coefficient (Wildman–Crippen LogP) is 3.56. The summed E-state index contributed by atoms with van der Waals surface area (Å²) >= 11 is 0. The third-order valence-electron chi connectivity index (χ3n) is 4.34. The molecule has 0 bridgehead atoms. The molecular weight excluding hydrogens is 260 g/mol. The Bertz CT molecular complexity index is 510. The number of hydrogen-bond donors (Lipinski definition) is 1. The smallest absolute Gasteiger partial charge is 0.241 e. The normalized spacial score (nSPS) is 22.4. The molecular formula is C18H28N2O. The number of carbonyl (C=O) groups is 1. The Hall–Kier alpha value is -1.35. The zero-order chi connectivity index (χ0) is 15.6. The summed E-state index contributed by atoms with van der Waals surface area (Å²) in [6.07, 6.45) is 2.19. The number of carbonyl (C=O) groups excluding carboxylic acids is 1. The summed E-state index contributed by atoms with van der Waals surface area (Å²) in [6, 6.07) is 6.43. The van der Waals surface area contributed by atoms with Crippen LogP contribution in [0.5, 0.6) is 0 Å². The number of rotatable bonds is 5. The fourth-order valence-corrected chi connectivity index (χ4v) is 3.07. The van der Waals surface area contributed by atoms with Crippen molar-refractivity contribution in [2.24, 2.45) is 5.92 Å². The van der Waals surface area contributed by atoms with E-state index < -0.39 is 0 Å². The molecule has 1 aromatic rings. The van der Waals surface area contributed by atoms with Crippen LogP contribution < -0.4 is 5.32 Å². The van der Waals surface area contributed by atoms with Crippen LogP contribution in [0.3, 0.4) is 0 Å². The lowest BCUT2D eigenvalue weighted by Crippen LogP contribution is -2.34. The number of benzene rings is 1. The highest BCUT2D eigenvalue weighted by Crippen LogP contribution is 2.30. The van der Waals surface area contributed by atoms with Gasteiger partial charge in [0.25, 0.3) is 0 Å². The molecule has 1 N–H and O–H groups in total. The Morgan fingerprint density at radius 2 is 2.00 bits per heavy atom. The monoisotopic (exact) mass is 288 g/mol. The fraction of sp³-hybridized carbons (Fsp3) is 0.611. The molecule has 0 radical (unpaired) electrons. The summed E-state index contributed by atoms with van der Waals surface area (Å²) in [4.78, 5) is 14.7. The molecule has 116 valence electrons. The Balaban J connectivity index is 2.32. The van der Waals surface area contributed by atoms with E-state index in [0.717, 1.165) is 19.4 Å². The average molecular weight is 288 g/mol. The number of nitrogens with one attached hydrogen (secondary N) is 1. The Kier molecular flexibility index (Phi) is 5.04. The van der Waals surface area contributed by atoms with Crippen molar-refractivity contribution in [1.29, 1.82) is 0 Å². The molecule has 1 aromatic carbocycles. The molecule has 1 aliphatic heterocycles. The van der Waals surface area contributed by atoms with E-state index in [0.29, 0.717) is 5.92 Å². The van der Waals surface area contributed by atoms with E-state index in [1.54, 1.807) is 0 Å². The molecule has 2 rings (SSSR count). The Labute approximate surface area is 128 Å². The van der Waals surface area contributed by atoms with Crippen LogP contribution in [0.2, 0.25) is 0 Å². The summed E-state index contributed by atoms with van der Waals surface area (Å²) < 4.78 is 0. The van der Waals surface area contributed by atoms with Crippen molar-refractivity contribution in [3.63, 3.8) is 0 Å². The number of unbranched alkanes of at least 4 members (excludes halogenated alkanes) is 1. The van der Waals surface area contributed by atoms with Gasteiger partial charge in [0.15, 0.2) is 0 Å². The largest absolute Gasteiger partial charge is 0.322 e. The molecule has 0 aliphatic carbocycles. The summed E-state index contributed by atoms with van der Waals surface area (Å²) in [5, 5.41) is 3.55. The van der Waals surface area contributed by atoms with Crippen LogP contribution in [0, 0.1) is 19.8 Å². The molecule has 2 unspecified atom stereocenters. The molecule has 0 spiro atoms. The average Bonchev–Trinajstić information content (AvgIpc) is 2.74. The molecule has 3 heteroatoms. The van der Waals surface area contributed by atoms with E-state index in [9.17, 15) is 4.79 Å². The maximum atomic E-state index is 12.7. The minimum absolute atomic E-state index is 0.0250. The molecule has 1 fully saturated rings. The SMILES string of the molecule is CCCCN1C(=O)C(C(C)C)NC1c1ccc(C)cc1C. The molecule has 1 aliphatic rings. The van der Waals surface area contributed by atoms with Crippen LogP contribution in [0.15, 0.2) is 18.2 Å². The first kappa shape index (κ1) is 16.0. The minimum atomic E-state index is -0.0624. The molecule has 1 saturated heterocycles. The second kappa shape index (κ2) is 6.61. The standard InChI is InChI=1S/C18H28N2O/c1-6-7-10-20-17(19-16(12(2)3)18(20)21)15-9-8-13(4)11-14(15)5/h8-9,11-12,16-17,19H,6-7,10H2,1-5H3. The van der Waals surface area contributed by atoms with Crippen LogP contribution in [0.25, 0.3) is 0 Å². The van der Waals surface area contributed by atoms with E-state index in [1.807, 2.05) is 4.90 Å². The van der Waals surface area contributed by atoms with Gasteiger partial charge in [-0.05, 0) is 37.3 Å². The zero-order valence-corrected chi connectivity index (χ0v) is 13.9. The van der Waals surface area contributed by atoms with Gasteiger partial charge in [0.2, 0.25) is 5.91 Å². The Morgan fingerprint density at radius 3 is 2.57 bits per heavy atom. The lowest BCUT2D eigenvalue weighted by molar-refractivity contribution is -0.130. The summed E-state index contributed by atoms with van der Waals surface area (Å²) in [5.41, 5.74) is 3.75. The second-order valence-corrected chi connectivity index (χ2v) is 6.54. The van der Waals surface area contributed by atoms with Crippen LogP contribution in [-0.4, -0.2) is 23.4 Å². The number of aryl methyl sites for hydroxylation is 2. The molecule has 2 atom stereocenters. The van der Waals surface area contributed by atoms with E-state index in [2.05, 4.69) is 58.1 Å². The highest BCUT2D eigenvalue weighted by molar-refractivity contribution is 5.85. The van der Waals surface area contributed by atoms with Crippen LogP contribution in [0.4, 0.5) is 0 Å². The highest BCUT2D eigenvalue weighted by atomic mass is 16.2. The third-order valence-corrected chi connectivity index (χ3v) is 4.34. The van der Waals surface area contributed by atoms with Crippen molar-refractivity contribution < 1.29 is 4.79 Å². The van der Waals surface area contributed by atoms with Crippen LogP contribution in [-0.2, 0) is 4.79 Å². The quantitative estimate of drug-likeness (QED) is 0.898. The van der Waals surface area contributed by atoms with Gasteiger partial charge in [-0.15, -0.1) is 0 Å². The van der Waals surface area contributed by atoms with Gasteiger partial charge in [-0.1, -0.05) is 51.0 Å². The van der Waals surface area contributed by atoms with Crippen molar-refractivity contribution in [1.82, 2.24) is 10.2 Å². The predicted molar refractivity (Wildman–Crippen MR) is 87.0 cm³/mol. The van der Waals surface area contributed by atoms with E-state index >= 15 is 0 Å². The lowest BCUT2D eigenvalue weighted by Gasteiger charge is -2.26. The van der Waals surface area contributed by atoms with Crippen molar-refractivity contribution >= 4 is 5.91 Å². The molecule has 0 saturated carbocycles. The maximum absolute atomic E-state index is 12.7. The summed E-state index contributed by atoms with van der Waals surface area (Å²) in [7, 11) is 0. The van der Waals surface area contributed by atoms with Gasteiger partial charge in [-0.2, -0.15) is 0 Å². The topological polar surface area (TPSA) is 32.3 Å². The van der Waals surface area contributed by atoms with Crippen LogP contribution in [0.1, 0.15) is 56.5 Å².